The monoisotopic (exact) mass is 407 g/mol. The number of aliphatic imine (C=N–C) groups is 1. The lowest BCUT2D eigenvalue weighted by Crippen LogP contribution is -2.14. The Morgan fingerprint density at radius 2 is 1.60 bits per heavy atom. The van der Waals surface area contributed by atoms with Crippen LogP contribution in [0.25, 0.3) is 22.6 Å². The van der Waals surface area contributed by atoms with Gasteiger partial charge in [0.15, 0.2) is 0 Å². The van der Waals surface area contributed by atoms with Gasteiger partial charge < -0.3 is 10.2 Å². The van der Waals surface area contributed by atoms with Crippen LogP contribution in [0.4, 0.5) is 18.9 Å². The van der Waals surface area contributed by atoms with Gasteiger partial charge in [0, 0.05) is 17.3 Å². The first-order chi connectivity index (χ1) is 14.4. The molecule has 150 valence electrons. The summed E-state index contributed by atoms with van der Waals surface area (Å²) in [4.78, 5) is 8.14. The minimum absolute atomic E-state index is 0.0286. The van der Waals surface area contributed by atoms with Gasteiger partial charge in [0.25, 0.3) is 0 Å². The molecular weight excluding hydrogens is 391 g/mol. The number of nitrogens with zero attached hydrogens (tertiary/aromatic N) is 2. The number of furan rings is 1. The van der Waals surface area contributed by atoms with E-state index >= 15 is 0 Å². The van der Waals surface area contributed by atoms with Gasteiger partial charge in [-0.2, -0.15) is 13.2 Å². The van der Waals surface area contributed by atoms with Crippen LogP contribution in [-0.2, 0) is 6.18 Å². The third-order valence-electron chi connectivity index (χ3n) is 4.42. The third kappa shape index (κ3) is 4.10. The van der Waals surface area contributed by atoms with E-state index in [4.69, 9.17) is 10.2 Å². The van der Waals surface area contributed by atoms with E-state index in [1.54, 1.807) is 24.3 Å². The second kappa shape index (κ2) is 7.87. The summed E-state index contributed by atoms with van der Waals surface area (Å²) in [5.41, 5.74) is 6.20. The lowest BCUT2D eigenvalue weighted by Gasteiger charge is -2.12. The highest BCUT2D eigenvalue weighted by atomic mass is 19.4. The summed E-state index contributed by atoms with van der Waals surface area (Å²) >= 11 is 0. The van der Waals surface area contributed by atoms with E-state index < -0.39 is 11.7 Å². The lowest BCUT2D eigenvalue weighted by molar-refractivity contribution is -0.137. The predicted octanol–water partition coefficient (Wildman–Crippen LogP) is 6.06. The molecule has 0 amide bonds. The molecule has 0 bridgehead atoms. The Morgan fingerprint density at radius 1 is 0.867 bits per heavy atom. The van der Waals surface area contributed by atoms with E-state index in [-0.39, 0.29) is 22.8 Å². The molecule has 7 heteroatoms. The Bertz CT molecular complexity index is 1180. The maximum atomic E-state index is 13.8. The molecule has 0 aliphatic carbocycles. The van der Waals surface area contributed by atoms with Crippen LogP contribution in [0.15, 0.2) is 94.5 Å². The van der Waals surface area contributed by atoms with Crippen molar-refractivity contribution in [2.75, 3.05) is 0 Å². The lowest BCUT2D eigenvalue weighted by atomic mass is 10.0. The SMILES string of the molecule is NC(=Nc1ccc(-c2ccc(-c3ccccc3)o2)c(C(F)(F)F)c1)c1ccccn1. The molecule has 4 rings (SSSR count). The molecule has 0 atom stereocenters. The summed E-state index contributed by atoms with van der Waals surface area (Å²) < 4.78 is 47.0. The second-order valence-electron chi connectivity index (χ2n) is 6.47. The summed E-state index contributed by atoms with van der Waals surface area (Å²) in [6.07, 6.45) is -3.07. The summed E-state index contributed by atoms with van der Waals surface area (Å²) in [6.45, 7) is 0. The van der Waals surface area contributed by atoms with Gasteiger partial charge in [0.1, 0.15) is 23.1 Å². The number of pyridine rings is 1. The van der Waals surface area contributed by atoms with Gasteiger partial charge in [0.2, 0.25) is 0 Å². The molecule has 4 aromatic rings. The highest BCUT2D eigenvalue weighted by molar-refractivity contribution is 5.97. The van der Waals surface area contributed by atoms with Crippen molar-refractivity contribution in [1.29, 1.82) is 0 Å². The molecule has 2 aromatic carbocycles. The van der Waals surface area contributed by atoms with E-state index in [1.165, 1.54) is 24.4 Å². The molecule has 0 saturated carbocycles. The number of alkyl halides is 3. The van der Waals surface area contributed by atoms with Crippen LogP contribution in [-0.4, -0.2) is 10.8 Å². The largest absolute Gasteiger partial charge is 0.456 e. The number of aromatic nitrogens is 1. The zero-order valence-electron chi connectivity index (χ0n) is 15.6. The number of rotatable bonds is 4. The van der Waals surface area contributed by atoms with Crippen LogP contribution < -0.4 is 5.73 Å². The molecule has 2 aromatic heterocycles. The first-order valence-electron chi connectivity index (χ1n) is 9.04. The maximum Gasteiger partial charge on any atom is 0.417 e. The van der Waals surface area contributed by atoms with E-state index in [0.717, 1.165) is 11.6 Å². The molecule has 0 fully saturated rings. The van der Waals surface area contributed by atoms with Crippen molar-refractivity contribution in [1.82, 2.24) is 4.98 Å². The Hall–Kier alpha value is -3.87. The number of nitrogens with two attached hydrogens (primary N) is 1. The van der Waals surface area contributed by atoms with Crippen LogP contribution in [0.3, 0.4) is 0 Å². The van der Waals surface area contributed by atoms with Crippen molar-refractivity contribution in [3.63, 3.8) is 0 Å². The van der Waals surface area contributed by atoms with Crippen LogP contribution in [0, 0.1) is 0 Å². The molecule has 0 spiro atoms. The number of hydrogen-bond donors (Lipinski definition) is 1. The summed E-state index contributed by atoms with van der Waals surface area (Å²) in [5, 5.41) is 0. The smallest absolute Gasteiger partial charge is 0.417 e. The Balaban J connectivity index is 1.74. The molecule has 0 unspecified atom stereocenters. The fourth-order valence-electron chi connectivity index (χ4n) is 3.00. The fraction of sp³-hybridized carbons (Fsp3) is 0.0435. The van der Waals surface area contributed by atoms with Crippen LogP contribution >= 0.6 is 0 Å². The zero-order valence-corrected chi connectivity index (χ0v) is 15.6. The molecule has 4 nitrogen and oxygen atoms in total. The van der Waals surface area contributed by atoms with Crippen molar-refractivity contribution in [2.24, 2.45) is 10.7 Å². The minimum Gasteiger partial charge on any atom is -0.456 e. The normalized spacial score (nSPS) is 12.2. The molecular formula is C23H16F3N3O. The highest BCUT2D eigenvalue weighted by Crippen LogP contribution is 2.40. The van der Waals surface area contributed by atoms with Crippen LogP contribution in [0.2, 0.25) is 0 Å². The first-order valence-corrected chi connectivity index (χ1v) is 9.04. The first kappa shape index (κ1) is 19.4. The van der Waals surface area contributed by atoms with Gasteiger partial charge in [0.05, 0.1) is 11.3 Å². The average Bonchev–Trinajstić information content (AvgIpc) is 3.24. The number of halogens is 3. The Labute approximate surface area is 170 Å². The molecule has 0 saturated heterocycles. The van der Waals surface area contributed by atoms with Crippen molar-refractivity contribution in [2.45, 2.75) is 6.18 Å². The minimum atomic E-state index is -4.60. The maximum absolute atomic E-state index is 13.8. The number of hydrogen-bond acceptors (Lipinski definition) is 3. The zero-order chi connectivity index (χ0) is 21.1. The van der Waals surface area contributed by atoms with Crippen molar-refractivity contribution in [3.05, 3.63) is 96.3 Å². The molecule has 2 heterocycles. The van der Waals surface area contributed by atoms with Gasteiger partial charge in [-0.3, -0.25) is 4.98 Å². The van der Waals surface area contributed by atoms with E-state index in [2.05, 4.69) is 9.98 Å². The fourth-order valence-corrected chi connectivity index (χ4v) is 3.00. The molecule has 0 aliphatic rings. The standard InChI is InChI=1S/C23H16F3N3O/c24-23(25,26)18-14-16(29-22(27)19-8-4-5-13-28-19)9-10-17(18)21-12-11-20(30-21)15-6-2-1-3-7-15/h1-14H,(H2,27,29). The quantitative estimate of drug-likeness (QED) is 0.330. The van der Waals surface area contributed by atoms with Crippen molar-refractivity contribution < 1.29 is 17.6 Å². The van der Waals surface area contributed by atoms with E-state index in [9.17, 15) is 13.2 Å². The Morgan fingerprint density at radius 3 is 2.30 bits per heavy atom. The van der Waals surface area contributed by atoms with Crippen molar-refractivity contribution in [3.8, 4) is 22.6 Å². The van der Waals surface area contributed by atoms with E-state index in [0.29, 0.717) is 11.5 Å². The van der Waals surface area contributed by atoms with Gasteiger partial charge in [-0.05, 0) is 42.5 Å². The Kier molecular flexibility index (Phi) is 5.10. The summed E-state index contributed by atoms with van der Waals surface area (Å²) in [7, 11) is 0. The topological polar surface area (TPSA) is 64.4 Å². The molecule has 30 heavy (non-hydrogen) atoms. The number of amidine groups is 1. The van der Waals surface area contributed by atoms with Gasteiger partial charge in [-0.1, -0.05) is 36.4 Å². The van der Waals surface area contributed by atoms with Crippen LogP contribution in [0.1, 0.15) is 11.3 Å². The van der Waals surface area contributed by atoms with Crippen molar-refractivity contribution >= 4 is 11.5 Å². The van der Waals surface area contributed by atoms with E-state index in [1.807, 2.05) is 30.3 Å². The average molecular weight is 407 g/mol. The van der Waals surface area contributed by atoms with Gasteiger partial charge in [-0.15, -0.1) is 0 Å². The third-order valence-corrected chi connectivity index (χ3v) is 4.42. The van der Waals surface area contributed by atoms with Crippen LogP contribution in [0.5, 0.6) is 0 Å². The molecule has 0 radical (unpaired) electrons. The number of benzene rings is 2. The highest BCUT2D eigenvalue weighted by Gasteiger charge is 2.35. The van der Waals surface area contributed by atoms with Gasteiger partial charge >= 0.3 is 6.18 Å². The second-order valence-corrected chi connectivity index (χ2v) is 6.47. The molecule has 0 aliphatic heterocycles. The molecule has 2 N–H and O–H groups in total. The van der Waals surface area contributed by atoms with Gasteiger partial charge in [-0.25, -0.2) is 4.99 Å². The summed E-state index contributed by atoms with van der Waals surface area (Å²) in [6, 6.07) is 21.1. The predicted molar refractivity (Wildman–Crippen MR) is 109 cm³/mol. The summed E-state index contributed by atoms with van der Waals surface area (Å²) in [5.74, 6) is 0.635.